The number of methoxy groups -OCH3 is 1. The van der Waals surface area contributed by atoms with Gasteiger partial charge in [0.05, 0.1) is 24.6 Å². The van der Waals surface area contributed by atoms with Crippen LogP contribution >= 0.6 is 0 Å². The summed E-state index contributed by atoms with van der Waals surface area (Å²) in [4.78, 5) is 15.4. The Bertz CT molecular complexity index is 1260. The van der Waals surface area contributed by atoms with Gasteiger partial charge < -0.3 is 14.6 Å². The fourth-order valence-electron chi connectivity index (χ4n) is 4.69. The number of aliphatic hydroxyl groups is 1. The van der Waals surface area contributed by atoms with Crippen molar-refractivity contribution >= 4 is 17.5 Å². The third-order valence-corrected chi connectivity index (χ3v) is 6.45. The molecule has 0 bridgehead atoms. The van der Waals surface area contributed by atoms with Gasteiger partial charge in [0.15, 0.2) is 0 Å². The van der Waals surface area contributed by atoms with Gasteiger partial charge in [0, 0.05) is 5.41 Å². The third kappa shape index (κ3) is 5.74. The molecule has 0 aromatic heterocycles. The zero-order valence-corrected chi connectivity index (χ0v) is 22.4. The van der Waals surface area contributed by atoms with Crippen molar-refractivity contribution in [2.45, 2.75) is 38.9 Å². The van der Waals surface area contributed by atoms with Crippen LogP contribution in [0, 0.1) is 5.41 Å². The molecule has 1 amide bonds. The maximum absolute atomic E-state index is 13.8. The van der Waals surface area contributed by atoms with E-state index in [0.717, 1.165) is 16.7 Å². The van der Waals surface area contributed by atoms with Crippen LogP contribution in [-0.2, 0) is 4.74 Å². The van der Waals surface area contributed by atoms with Gasteiger partial charge in [-0.3, -0.25) is 0 Å². The predicted molar refractivity (Wildman–Crippen MR) is 152 cm³/mol. The molecule has 3 aromatic carbocycles. The van der Waals surface area contributed by atoms with Gasteiger partial charge in [-0.1, -0.05) is 78.9 Å². The number of allylic oxidation sites excluding steroid dienone is 1. The summed E-state index contributed by atoms with van der Waals surface area (Å²) in [7, 11) is 1.61. The Labute approximate surface area is 225 Å². The molecule has 1 unspecified atom stereocenters. The van der Waals surface area contributed by atoms with E-state index in [1.807, 2.05) is 118 Å². The first-order chi connectivity index (χ1) is 18.2. The quantitative estimate of drug-likeness (QED) is 0.333. The standard InChI is InChI=1S/C33H35NO4/c1-6-21-33(30(35)26-17-19-27(37-5)20-18-26)22-28(24-13-9-7-10-14-24)34(31(36)38-32(2,3)4)29(23-33)25-15-11-8-12-16-25/h6-20,22-23,30,35H,1,21H2,2-5H3. The summed E-state index contributed by atoms with van der Waals surface area (Å²) < 4.78 is 11.2. The summed E-state index contributed by atoms with van der Waals surface area (Å²) in [5.41, 5.74) is 2.06. The maximum Gasteiger partial charge on any atom is 0.419 e. The van der Waals surface area contributed by atoms with Gasteiger partial charge in [-0.2, -0.15) is 0 Å². The Morgan fingerprint density at radius 3 is 1.84 bits per heavy atom. The van der Waals surface area contributed by atoms with Crippen molar-refractivity contribution in [2.24, 2.45) is 5.41 Å². The van der Waals surface area contributed by atoms with Crippen molar-refractivity contribution in [3.05, 3.63) is 126 Å². The molecular formula is C33H35NO4. The smallest absolute Gasteiger partial charge is 0.419 e. The zero-order valence-electron chi connectivity index (χ0n) is 22.4. The molecule has 1 heterocycles. The van der Waals surface area contributed by atoms with Crippen LogP contribution in [0.15, 0.2) is 110 Å². The van der Waals surface area contributed by atoms with Crippen molar-refractivity contribution in [1.82, 2.24) is 4.90 Å². The summed E-state index contributed by atoms with van der Waals surface area (Å²) in [5, 5.41) is 11.9. The number of rotatable bonds is 7. The Hall–Kier alpha value is -4.09. The summed E-state index contributed by atoms with van der Waals surface area (Å²) in [6, 6.07) is 26.8. The summed E-state index contributed by atoms with van der Waals surface area (Å²) in [6.07, 6.45) is 4.76. The molecule has 5 nitrogen and oxygen atoms in total. The summed E-state index contributed by atoms with van der Waals surface area (Å²) >= 11 is 0. The van der Waals surface area contributed by atoms with Gasteiger partial charge in [-0.25, -0.2) is 9.69 Å². The van der Waals surface area contributed by atoms with Gasteiger partial charge in [-0.15, -0.1) is 6.58 Å². The largest absolute Gasteiger partial charge is 0.497 e. The highest BCUT2D eigenvalue weighted by Crippen LogP contribution is 2.50. The number of ether oxygens (including phenoxy) is 2. The molecule has 1 aliphatic heterocycles. The lowest BCUT2D eigenvalue weighted by Crippen LogP contribution is -2.39. The molecule has 1 aliphatic rings. The van der Waals surface area contributed by atoms with Gasteiger partial charge >= 0.3 is 6.09 Å². The topological polar surface area (TPSA) is 59.0 Å². The van der Waals surface area contributed by atoms with E-state index < -0.39 is 23.2 Å². The molecule has 0 fully saturated rings. The molecule has 4 rings (SSSR count). The van der Waals surface area contributed by atoms with Crippen molar-refractivity contribution < 1.29 is 19.4 Å². The Kier molecular flexibility index (Phi) is 7.88. The van der Waals surface area contributed by atoms with Crippen molar-refractivity contribution in [3.63, 3.8) is 0 Å². The van der Waals surface area contributed by atoms with Gasteiger partial charge in [0.25, 0.3) is 0 Å². The lowest BCUT2D eigenvalue weighted by atomic mass is 9.72. The number of aliphatic hydroxyl groups excluding tert-OH is 1. The van der Waals surface area contributed by atoms with Crippen LogP contribution in [0.2, 0.25) is 0 Å². The van der Waals surface area contributed by atoms with E-state index in [0.29, 0.717) is 23.6 Å². The highest BCUT2D eigenvalue weighted by atomic mass is 16.6. The van der Waals surface area contributed by atoms with Crippen LogP contribution in [0.5, 0.6) is 5.75 Å². The normalized spacial score (nSPS) is 15.7. The summed E-state index contributed by atoms with van der Waals surface area (Å²) in [6.45, 7) is 9.55. The third-order valence-electron chi connectivity index (χ3n) is 6.45. The minimum Gasteiger partial charge on any atom is -0.497 e. The average Bonchev–Trinajstić information content (AvgIpc) is 2.92. The molecule has 0 saturated heterocycles. The van der Waals surface area contributed by atoms with E-state index in [4.69, 9.17) is 9.47 Å². The fourth-order valence-corrected chi connectivity index (χ4v) is 4.69. The van der Waals surface area contributed by atoms with Crippen molar-refractivity contribution in [2.75, 3.05) is 7.11 Å². The van der Waals surface area contributed by atoms with E-state index in [1.165, 1.54) is 0 Å². The minimum atomic E-state index is -0.926. The van der Waals surface area contributed by atoms with Gasteiger partial charge in [0.2, 0.25) is 0 Å². The van der Waals surface area contributed by atoms with Crippen molar-refractivity contribution in [1.29, 1.82) is 0 Å². The first-order valence-corrected chi connectivity index (χ1v) is 12.7. The molecule has 196 valence electrons. The fraction of sp³-hybridized carbons (Fsp3) is 0.242. The van der Waals surface area contributed by atoms with Gasteiger partial charge in [0.1, 0.15) is 11.4 Å². The minimum absolute atomic E-state index is 0.440. The van der Waals surface area contributed by atoms with Crippen LogP contribution < -0.4 is 4.74 Å². The molecule has 5 heteroatoms. The second-order valence-corrected chi connectivity index (χ2v) is 10.4. The number of carbonyl (C=O) groups excluding carboxylic acids is 1. The Morgan fingerprint density at radius 2 is 1.42 bits per heavy atom. The SMILES string of the molecule is C=CCC1(C(O)c2ccc(OC)cc2)C=C(c2ccccc2)N(C(=O)OC(C)(C)C)C(c2ccccc2)=C1. The maximum atomic E-state index is 13.8. The van der Waals surface area contributed by atoms with E-state index >= 15 is 0 Å². The van der Waals surface area contributed by atoms with Crippen LogP contribution in [0.3, 0.4) is 0 Å². The molecule has 3 aromatic rings. The molecule has 1 N–H and O–H groups in total. The Balaban J connectivity index is 1.98. The van der Waals surface area contributed by atoms with Crippen LogP contribution in [0.1, 0.15) is 50.0 Å². The average molecular weight is 510 g/mol. The second kappa shape index (κ2) is 11.1. The van der Waals surface area contributed by atoms with E-state index in [-0.39, 0.29) is 0 Å². The molecule has 38 heavy (non-hydrogen) atoms. The number of hydrogen-bond donors (Lipinski definition) is 1. The molecule has 0 spiro atoms. The second-order valence-electron chi connectivity index (χ2n) is 10.4. The molecule has 0 aliphatic carbocycles. The van der Waals surface area contributed by atoms with Crippen LogP contribution in [0.25, 0.3) is 11.4 Å². The monoisotopic (exact) mass is 509 g/mol. The van der Waals surface area contributed by atoms with Gasteiger partial charge in [-0.05, 0) is 68.2 Å². The van der Waals surface area contributed by atoms with E-state index in [2.05, 4.69) is 6.58 Å². The van der Waals surface area contributed by atoms with Crippen LogP contribution in [0.4, 0.5) is 4.79 Å². The number of amides is 1. The number of benzene rings is 3. The summed E-state index contributed by atoms with van der Waals surface area (Å²) in [5.74, 6) is 0.708. The molecule has 0 saturated carbocycles. The number of carbonyl (C=O) groups is 1. The van der Waals surface area contributed by atoms with E-state index in [1.54, 1.807) is 18.1 Å². The first-order valence-electron chi connectivity index (χ1n) is 12.7. The lowest BCUT2D eigenvalue weighted by molar-refractivity contribution is 0.0411. The predicted octanol–water partition coefficient (Wildman–Crippen LogP) is 7.62. The lowest BCUT2D eigenvalue weighted by Gasteiger charge is -2.42. The van der Waals surface area contributed by atoms with Crippen LogP contribution in [-0.4, -0.2) is 28.8 Å². The first kappa shape index (κ1) is 27.0. The molecule has 0 radical (unpaired) electrons. The molecule has 1 atom stereocenters. The number of hydrogen-bond acceptors (Lipinski definition) is 4. The Morgan fingerprint density at radius 1 is 0.921 bits per heavy atom. The van der Waals surface area contributed by atoms with E-state index in [9.17, 15) is 9.90 Å². The highest BCUT2D eigenvalue weighted by molar-refractivity contribution is 5.95. The van der Waals surface area contributed by atoms with Crippen molar-refractivity contribution in [3.8, 4) is 5.75 Å². The molecular weight excluding hydrogens is 474 g/mol. The number of nitrogens with zero attached hydrogens (tertiary/aromatic N) is 1. The zero-order chi connectivity index (χ0) is 27.3. The highest BCUT2D eigenvalue weighted by Gasteiger charge is 2.42.